The molecule has 3 rings (SSSR count). The molecular formula is C15H19NO3S. The van der Waals surface area contributed by atoms with Crippen molar-refractivity contribution in [2.45, 2.75) is 31.3 Å². The van der Waals surface area contributed by atoms with E-state index in [0.29, 0.717) is 13.2 Å². The average molecular weight is 293 g/mol. The first kappa shape index (κ1) is 13.8. The molecule has 0 aliphatic carbocycles. The molecule has 5 heteroatoms. The lowest BCUT2D eigenvalue weighted by Gasteiger charge is -2.43. The number of morpholine rings is 1. The van der Waals surface area contributed by atoms with Gasteiger partial charge in [-0.25, -0.2) is 8.42 Å². The van der Waals surface area contributed by atoms with E-state index in [-0.39, 0.29) is 12.1 Å². The molecule has 1 aromatic rings. The third kappa shape index (κ3) is 2.80. The zero-order valence-corrected chi connectivity index (χ0v) is 12.1. The summed E-state index contributed by atoms with van der Waals surface area (Å²) in [6, 6.07) is 9.52. The highest BCUT2D eigenvalue weighted by Gasteiger charge is 2.40. The highest BCUT2D eigenvalue weighted by atomic mass is 32.2. The summed E-state index contributed by atoms with van der Waals surface area (Å²) in [6.07, 6.45) is 4.55. The molecule has 0 radical (unpaired) electrons. The lowest BCUT2D eigenvalue weighted by molar-refractivity contribution is -0.0291. The summed E-state index contributed by atoms with van der Waals surface area (Å²) in [7, 11) is -3.37. The normalized spacial score (nSPS) is 27.8. The molecule has 2 atom stereocenters. The van der Waals surface area contributed by atoms with Gasteiger partial charge in [-0.05, 0) is 24.5 Å². The van der Waals surface area contributed by atoms with Gasteiger partial charge in [0.25, 0.3) is 0 Å². The van der Waals surface area contributed by atoms with Gasteiger partial charge in [0.2, 0.25) is 10.0 Å². The average Bonchev–Trinajstić information content (AvgIpc) is 2.45. The van der Waals surface area contributed by atoms with Gasteiger partial charge in [0.15, 0.2) is 0 Å². The molecule has 4 nitrogen and oxygen atoms in total. The molecule has 0 amide bonds. The summed E-state index contributed by atoms with van der Waals surface area (Å²) in [4.78, 5) is 0. The standard InChI is InChI=1S/C15H19NO3S/c17-20(18,10-9-13-5-2-1-3-6-13)16-14-7-4-8-15(16)12-19-11-14/h1-3,5-6,9-10,14-15H,4,7-8,11-12H2/b10-9+. The molecule has 0 spiro atoms. The van der Waals surface area contributed by atoms with E-state index >= 15 is 0 Å². The fraction of sp³-hybridized carbons (Fsp3) is 0.467. The second kappa shape index (κ2) is 5.68. The molecule has 0 N–H and O–H groups in total. The number of sulfonamides is 1. The van der Waals surface area contributed by atoms with Crippen LogP contribution in [0.5, 0.6) is 0 Å². The molecule has 20 heavy (non-hydrogen) atoms. The lowest BCUT2D eigenvalue weighted by Crippen LogP contribution is -2.56. The molecule has 2 heterocycles. The van der Waals surface area contributed by atoms with Gasteiger partial charge in [-0.3, -0.25) is 0 Å². The molecular weight excluding hydrogens is 274 g/mol. The zero-order chi connectivity index (χ0) is 14.0. The molecule has 1 aromatic carbocycles. The van der Waals surface area contributed by atoms with Crippen molar-refractivity contribution in [2.75, 3.05) is 13.2 Å². The van der Waals surface area contributed by atoms with E-state index in [1.807, 2.05) is 30.3 Å². The molecule has 0 aromatic heterocycles. The Balaban J connectivity index is 1.83. The lowest BCUT2D eigenvalue weighted by atomic mass is 9.98. The third-order valence-corrected chi connectivity index (χ3v) is 5.60. The summed E-state index contributed by atoms with van der Waals surface area (Å²) >= 11 is 0. The van der Waals surface area contributed by atoms with Gasteiger partial charge in [0.1, 0.15) is 0 Å². The van der Waals surface area contributed by atoms with Crippen molar-refractivity contribution >= 4 is 16.1 Å². The number of hydrogen-bond acceptors (Lipinski definition) is 3. The minimum atomic E-state index is -3.37. The SMILES string of the molecule is O=S(=O)(/C=C/c1ccccc1)N1C2CCCC1COC2. The Kier molecular flexibility index (Phi) is 3.92. The van der Waals surface area contributed by atoms with Crippen molar-refractivity contribution in [1.82, 2.24) is 4.31 Å². The highest BCUT2D eigenvalue weighted by Crippen LogP contribution is 2.30. The monoisotopic (exact) mass is 293 g/mol. The van der Waals surface area contributed by atoms with Crippen molar-refractivity contribution in [2.24, 2.45) is 0 Å². The van der Waals surface area contributed by atoms with Crippen molar-refractivity contribution < 1.29 is 13.2 Å². The van der Waals surface area contributed by atoms with Crippen molar-refractivity contribution in [1.29, 1.82) is 0 Å². The number of benzene rings is 1. The number of hydrogen-bond donors (Lipinski definition) is 0. The topological polar surface area (TPSA) is 46.6 Å². The van der Waals surface area contributed by atoms with Crippen molar-refractivity contribution in [3.05, 3.63) is 41.3 Å². The van der Waals surface area contributed by atoms with E-state index in [4.69, 9.17) is 4.74 Å². The van der Waals surface area contributed by atoms with Gasteiger partial charge in [-0.15, -0.1) is 0 Å². The van der Waals surface area contributed by atoms with Crippen molar-refractivity contribution in [3.63, 3.8) is 0 Å². The maximum absolute atomic E-state index is 12.6. The second-order valence-electron chi connectivity index (χ2n) is 5.36. The molecule has 2 fully saturated rings. The Morgan fingerprint density at radius 1 is 1.10 bits per heavy atom. The molecule has 2 unspecified atom stereocenters. The number of ether oxygens (including phenoxy) is 1. The van der Waals surface area contributed by atoms with Crippen LogP contribution in [0.4, 0.5) is 0 Å². The van der Waals surface area contributed by atoms with Gasteiger partial charge in [-0.2, -0.15) is 4.31 Å². The third-order valence-electron chi connectivity index (χ3n) is 3.94. The summed E-state index contributed by atoms with van der Waals surface area (Å²) in [5.74, 6) is 0. The fourth-order valence-electron chi connectivity index (χ4n) is 3.01. The Labute approximate surface area is 120 Å². The zero-order valence-electron chi connectivity index (χ0n) is 11.3. The smallest absolute Gasteiger partial charge is 0.236 e. The maximum atomic E-state index is 12.6. The van der Waals surface area contributed by atoms with Crippen LogP contribution in [0.2, 0.25) is 0 Å². The van der Waals surface area contributed by atoms with Crippen LogP contribution in [0.15, 0.2) is 35.7 Å². The molecule has 2 aliphatic heterocycles. The number of rotatable bonds is 3. The fourth-order valence-corrected chi connectivity index (χ4v) is 4.64. The van der Waals surface area contributed by atoms with E-state index in [0.717, 1.165) is 24.8 Å². The molecule has 2 bridgehead atoms. The summed E-state index contributed by atoms with van der Waals surface area (Å²) in [6.45, 7) is 1.05. The maximum Gasteiger partial charge on any atom is 0.236 e. The number of fused-ring (bicyclic) bond motifs is 2. The van der Waals surface area contributed by atoms with Crippen LogP contribution in [0.1, 0.15) is 24.8 Å². The van der Waals surface area contributed by atoms with E-state index in [1.165, 1.54) is 5.41 Å². The van der Waals surface area contributed by atoms with Gasteiger partial charge < -0.3 is 4.74 Å². The quantitative estimate of drug-likeness (QED) is 0.858. The number of nitrogens with zero attached hydrogens (tertiary/aromatic N) is 1. The van der Waals surface area contributed by atoms with Crippen LogP contribution < -0.4 is 0 Å². The first-order chi connectivity index (χ1) is 9.67. The Morgan fingerprint density at radius 3 is 2.40 bits per heavy atom. The summed E-state index contributed by atoms with van der Waals surface area (Å²) in [5, 5.41) is 1.33. The first-order valence-electron chi connectivity index (χ1n) is 7.01. The Hall–Kier alpha value is -1.17. The molecule has 0 saturated carbocycles. The van der Waals surface area contributed by atoms with Crippen LogP contribution in [0.3, 0.4) is 0 Å². The minimum absolute atomic E-state index is 0.00734. The summed E-state index contributed by atoms with van der Waals surface area (Å²) in [5.41, 5.74) is 0.898. The predicted molar refractivity (Wildman–Crippen MR) is 78.5 cm³/mol. The van der Waals surface area contributed by atoms with Crippen LogP contribution >= 0.6 is 0 Å². The van der Waals surface area contributed by atoms with E-state index in [2.05, 4.69) is 0 Å². The van der Waals surface area contributed by atoms with Gasteiger partial charge >= 0.3 is 0 Å². The predicted octanol–water partition coefficient (Wildman–Crippen LogP) is 2.24. The number of piperidine rings is 1. The van der Waals surface area contributed by atoms with Crippen LogP contribution in [0, 0.1) is 0 Å². The van der Waals surface area contributed by atoms with Crippen LogP contribution in [0.25, 0.3) is 6.08 Å². The molecule has 108 valence electrons. The molecule has 2 saturated heterocycles. The van der Waals surface area contributed by atoms with E-state index in [9.17, 15) is 8.42 Å². The van der Waals surface area contributed by atoms with Crippen LogP contribution in [-0.4, -0.2) is 38.0 Å². The Bertz CT molecular complexity index is 560. The van der Waals surface area contributed by atoms with E-state index in [1.54, 1.807) is 10.4 Å². The van der Waals surface area contributed by atoms with Crippen molar-refractivity contribution in [3.8, 4) is 0 Å². The summed E-state index contributed by atoms with van der Waals surface area (Å²) < 4.78 is 32.3. The second-order valence-corrected chi connectivity index (χ2v) is 7.09. The van der Waals surface area contributed by atoms with Gasteiger partial charge in [0.05, 0.1) is 13.2 Å². The van der Waals surface area contributed by atoms with E-state index < -0.39 is 10.0 Å². The van der Waals surface area contributed by atoms with Gasteiger partial charge in [-0.1, -0.05) is 36.8 Å². The highest BCUT2D eigenvalue weighted by molar-refractivity contribution is 7.92. The minimum Gasteiger partial charge on any atom is -0.378 e. The largest absolute Gasteiger partial charge is 0.378 e. The Morgan fingerprint density at radius 2 is 1.75 bits per heavy atom. The van der Waals surface area contributed by atoms with Gasteiger partial charge in [0, 0.05) is 17.5 Å². The first-order valence-corrected chi connectivity index (χ1v) is 8.51. The molecule has 2 aliphatic rings. The van der Waals surface area contributed by atoms with Crippen LogP contribution in [-0.2, 0) is 14.8 Å².